The SMILES string of the molecule is Cn1c(=O)c(C2CCCNC2)cc2ccccc21. The predicted octanol–water partition coefficient (Wildman–Crippen LogP) is 2.01. The zero-order valence-electron chi connectivity index (χ0n) is 10.6. The van der Waals surface area contributed by atoms with Crippen LogP contribution in [0.15, 0.2) is 35.1 Å². The van der Waals surface area contributed by atoms with E-state index in [1.165, 1.54) is 0 Å². The molecule has 1 saturated heterocycles. The fourth-order valence-corrected chi connectivity index (χ4v) is 2.86. The van der Waals surface area contributed by atoms with Gasteiger partial charge < -0.3 is 9.88 Å². The molecule has 18 heavy (non-hydrogen) atoms. The Kier molecular flexibility index (Phi) is 2.92. The number of aromatic nitrogens is 1. The molecule has 0 radical (unpaired) electrons. The van der Waals surface area contributed by atoms with Gasteiger partial charge in [0, 0.05) is 25.1 Å². The lowest BCUT2D eigenvalue weighted by atomic mass is 9.91. The first kappa shape index (κ1) is 11.5. The van der Waals surface area contributed by atoms with Gasteiger partial charge in [-0.25, -0.2) is 0 Å². The summed E-state index contributed by atoms with van der Waals surface area (Å²) in [6.45, 7) is 2.00. The van der Waals surface area contributed by atoms with Crippen LogP contribution in [0.25, 0.3) is 10.9 Å². The van der Waals surface area contributed by atoms with Crippen molar-refractivity contribution in [2.45, 2.75) is 18.8 Å². The van der Waals surface area contributed by atoms with E-state index < -0.39 is 0 Å². The van der Waals surface area contributed by atoms with Gasteiger partial charge in [0.15, 0.2) is 0 Å². The van der Waals surface area contributed by atoms with E-state index in [1.54, 1.807) is 4.57 Å². The summed E-state index contributed by atoms with van der Waals surface area (Å²) in [7, 11) is 1.87. The summed E-state index contributed by atoms with van der Waals surface area (Å²) in [4.78, 5) is 12.4. The monoisotopic (exact) mass is 242 g/mol. The minimum atomic E-state index is 0.155. The van der Waals surface area contributed by atoms with Crippen LogP contribution in [-0.2, 0) is 7.05 Å². The van der Waals surface area contributed by atoms with Gasteiger partial charge in [0.05, 0.1) is 5.52 Å². The van der Waals surface area contributed by atoms with Crippen LogP contribution in [0.3, 0.4) is 0 Å². The van der Waals surface area contributed by atoms with Gasteiger partial charge in [0.2, 0.25) is 0 Å². The second-order valence-electron chi connectivity index (χ2n) is 5.07. The van der Waals surface area contributed by atoms with Crippen LogP contribution in [0.4, 0.5) is 0 Å². The summed E-state index contributed by atoms with van der Waals surface area (Å²) in [5.74, 6) is 0.363. The molecule has 1 aliphatic heterocycles. The third kappa shape index (κ3) is 1.85. The maximum Gasteiger partial charge on any atom is 0.254 e. The molecule has 1 aromatic heterocycles. The van der Waals surface area contributed by atoms with E-state index >= 15 is 0 Å². The molecular formula is C15H18N2O. The van der Waals surface area contributed by atoms with Crippen molar-refractivity contribution in [3.63, 3.8) is 0 Å². The van der Waals surface area contributed by atoms with Gasteiger partial charge in [-0.05, 0) is 36.9 Å². The first-order valence-electron chi connectivity index (χ1n) is 6.57. The predicted molar refractivity (Wildman–Crippen MR) is 74.0 cm³/mol. The molecule has 1 fully saturated rings. The van der Waals surface area contributed by atoms with Gasteiger partial charge >= 0.3 is 0 Å². The van der Waals surface area contributed by atoms with Gasteiger partial charge in [0.1, 0.15) is 0 Å². The summed E-state index contributed by atoms with van der Waals surface area (Å²) in [5, 5.41) is 4.53. The molecule has 1 atom stereocenters. The normalized spacial score (nSPS) is 20.2. The van der Waals surface area contributed by atoms with Crippen molar-refractivity contribution in [2.24, 2.45) is 7.05 Å². The first-order chi connectivity index (χ1) is 8.77. The summed E-state index contributed by atoms with van der Waals surface area (Å²) in [5.41, 5.74) is 2.13. The molecule has 2 heterocycles. The molecule has 1 unspecified atom stereocenters. The van der Waals surface area contributed by atoms with E-state index in [1.807, 2.05) is 25.2 Å². The Hall–Kier alpha value is -1.61. The number of nitrogens with one attached hydrogen (secondary N) is 1. The van der Waals surface area contributed by atoms with Gasteiger partial charge in [-0.2, -0.15) is 0 Å². The average molecular weight is 242 g/mol. The van der Waals surface area contributed by atoms with Crippen LogP contribution in [0, 0.1) is 0 Å². The minimum Gasteiger partial charge on any atom is -0.316 e. The Labute approximate surface area is 106 Å². The number of fused-ring (bicyclic) bond motifs is 1. The highest BCUT2D eigenvalue weighted by Gasteiger charge is 2.19. The zero-order valence-corrected chi connectivity index (χ0v) is 10.6. The van der Waals surface area contributed by atoms with Crippen LogP contribution in [0.1, 0.15) is 24.3 Å². The number of nitrogens with zero attached hydrogens (tertiary/aromatic N) is 1. The molecule has 0 spiro atoms. The Morgan fingerprint density at radius 1 is 1.33 bits per heavy atom. The van der Waals surface area contributed by atoms with Crippen molar-refractivity contribution in [1.82, 2.24) is 9.88 Å². The Bertz CT molecular complexity index is 624. The minimum absolute atomic E-state index is 0.155. The van der Waals surface area contributed by atoms with Crippen molar-refractivity contribution >= 4 is 10.9 Å². The third-order valence-corrected chi connectivity index (χ3v) is 3.90. The van der Waals surface area contributed by atoms with Crippen LogP contribution in [-0.4, -0.2) is 17.7 Å². The quantitative estimate of drug-likeness (QED) is 0.830. The van der Waals surface area contributed by atoms with Crippen molar-refractivity contribution < 1.29 is 0 Å². The maximum atomic E-state index is 12.4. The Morgan fingerprint density at radius 2 is 2.17 bits per heavy atom. The smallest absolute Gasteiger partial charge is 0.254 e. The number of aryl methyl sites for hydroxylation is 1. The van der Waals surface area contributed by atoms with E-state index in [2.05, 4.69) is 17.4 Å². The second-order valence-corrected chi connectivity index (χ2v) is 5.07. The molecule has 0 aliphatic carbocycles. The Balaban J connectivity index is 2.17. The second kappa shape index (κ2) is 4.58. The summed E-state index contributed by atoms with van der Waals surface area (Å²) in [6.07, 6.45) is 2.27. The molecule has 1 N–H and O–H groups in total. The topological polar surface area (TPSA) is 34.0 Å². The molecule has 1 aromatic carbocycles. The Morgan fingerprint density at radius 3 is 2.94 bits per heavy atom. The first-order valence-corrected chi connectivity index (χ1v) is 6.57. The van der Waals surface area contributed by atoms with E-state index in [9.17, 15) is 4.79 Å². The molecule has 0 bridgehead atoms. The number of pyridine rings is 1. The van der Waals surface area contributed by atoms with Crippen molar-refractivity contribution in [1.29, 1.82) is 0 Å². The van der Waals surface area contributed by atoms with E-state index in [-0.39, 0.29) is 5.56 Å². The number of hydrogen-bond donors (Lipinski definition) is 1. The molecule has 0 amide bonds. The number of benzene rings is 1. The highest BCUT2D eigenvalue weighted by atomic mass is 16.1. The highest BCUT2D eigenvalue weighted by molar-refractivity contribution is 5.79. The lowest BCUT2D eigenvalue weighted by Crippen LogP contribution is -2.33. The molecule has 1 aliphatic rings. The van der Waals surface area contributed by atoms with Crippen LogP contribution in [0.5, 0.6) is 0 Å². The summed E-state index contributed by atoms with van der Waals surface area (Å²) in [6, 6.07) is 10.2. The van der Waals surface area contributed by atoms with Crippen molar-refractivity contribution in [2.75, 3.05) is 13.1 Å². The molecular weight excluding hydrogens is 224 g/mol. The van der Waals surface area contributed by atoms with E-state index in [4.69, 9.17) is 0 Å². The fourth-order valence-electron chi connectivity index (χ4n) is 2.86. The number of para-hydroxylation sites is 1. The highest BCUT2D eigenvalue weighted by Crippen LogP contribution is 2.23. The molecule has 0 saturated carbocycles. The van der Waals surface area contributed by atoms with E-state index in [0.29, 0.717) is 5.92 Å². The standard InChI is InChI=1S/C15H18N2O/c1-17-14-7-3-2-5-11(14)9-13(15(17)18)12-6-4-8-16-10-12/h2-3,5,7,9,12,16H,4,6,8,10H2,1H3. The van der Waals surface area contributed by atoms with Crippen LogP contribution < -0.4 is 10.9 Å². The number of rotatable bonds is 1. The largest absolute Gasteiger partial charge is 0.316 e. The number of hydrogen-bond acceptors (Lipinski definition) is 2. The van der Waals surface area contributed by atoms with Crippen molar-refractivity contribution in [3.8, 4) is 0 Å². The zero-order chi connectivity index (χ0) is 12.5. The molecule has 3 nitrogen and oxygen atoms in total. The molecule has 2 aromatic rings. The average Bonchev–Trinajstić information content (AvgIpc) is 2.44. The lowest BCUT2D eigenvalue weighted by Gasteiger charge is -2.23. The van der Waals surface area contributed by atoms with Crippen molar-refractivity contribution in [3.05, 3.63) is 46.2 Å². The van der Waals surface area contributed by atoms with Gasteiger partial charge in [-0.3, -0.25) is 4.79 Å². The fraction of sp³-hybridized carbons (Fsp3) is 0.400. The third-order valence-electron chi connectivity index (χ3n) is 3.90. The van der Waals surface area contributed by atoms with Gasteiger partial charge in [-0.1, -0.05) is 18.2 Å². The van der Waals surface area contributed by atoms with Crippen LogP contribution >= 0.6 is 0 Å². The van der Waals surface area contributed by atoms with E-state index in [0.717, 1.165) is 42.4 Å². The van der Waals surface area contributed by atoms with Gasteiger partial charge in [0.25, 0.3) is 5.56 Å². The van der Waals surface area contributed by atoms with Gasteiger partial charge in [-0.15, -0.1) is 0 Å². The van der Waals surface area contributed by atoms with Crippen LogP contribution in [0.2, 0.25) is 0 Å². The summed E-state index contributed by atoms with van der Waals surface area (Å²) < 4.78 is 1.78. The summed E-state index contributed by atoms with van der Waals surface area (Å²) >= 11 is 0. The maximum absolute atomic E-state index is 12.4. The lowest BCUT2D eigenvalue weighted by molar-refractivity contribution is 0.458. The number of piperidine rings is 1. The molecule has 3 rings (SSSR count). The molecule has 94 valence electrons. The molecule has 3 heteroatoms.